The number of rotatable bonds is 4. The van der Waals surface area contributed by atoms with Crippen LogP contribution in [0.4, 0.5) is 0 Å². The van der Waals surface area contributed by atoms with Crippen LogP contribution >= 0.6 is 15.9 Å². The van der Waals surface area contributed by atoms with Crippen molar-refractivity contribution in [3.8, 4) is 11.6 Å². The number of hydrogen-bond donors (Lipinski definition) is 1. The van der Waals surface area contributed by atoms with Crippen LogP contribution in [0.2, 0.25) is 0 Å². The van der Waals surface area contributed by atoms with Gasteiger partial charge in [0.25, 0.3) is 0 Å². The highest BCUT2D eigenvalue weighted by Crippen LogP contribution is 2.31. The van der Waals surface area contributed by atoms with E-state index < -0.39 is 11.6 Å². The molecule has 0 bridgehead atoms. The molecule has 0 spiro atoms. The fourth-order valence-electron chi connectivity index (χ4n) is 1.88. The fourth-order valence-corrected chi connectivity index (χ4v) is 2.26. The Morgan fingerprint density at radius 1 is 1.63 bits per heavy atom. The van der Waals surface area contributed by atoms with Gasteiger partial charge >= 0.3 is 5.97 Å². The minimum Gasteiger partial charge on any atom is -0.495 e. The van der Waals surface area contributed by atoms with E-state index in [4.69, 9.17) is 14.2 Å². The summed E-state index contributed by atoms with van der Waals surface area (Å²) in [6, 6.07) is 1.55. The summed E-state index contributed by atoms with van der Waals surface area (Å²) in [5, 5.41) is 9.36. The molecule has 1 atom stereocenters. The van der Waals surface area contributed by atoms with Gasteiger partial charge in [-0.3, -0.25) is 0 Å². The van der Waals surface area contributed by atoms with E-state index in [1.807, 2.05) is 0 Å². The molecule has 0 aliphatic carbocycles. The first-order valence-electron chi connectivity index (χ1n) is 5.77. The van der Waals surface area contributed by atoms with Crippen LogP contribution in [0.1, 0.15) is 12.8 Å². The van der Waals surface area contributed by atoms with Crippen LogP contribution in [-0.4, -0.2) is 42.0 Å². The third-order valence-electron chi connectivity index (χ3n) is 2.91. The predicted octanol–water partition coefficient (Wildman–Crippen LogP) is 1.87. The van der Waals surface area contributed by atoms with Crippen molar-refractivity contribution in [1.82, 2.24) is 4.98 Å². The Labute approximate surface area is 118 Å². The number of aliphatic carboxylic acids is 1. The molecule has 1 unspecified atom stereocenters. The topological polar surface area (TPSA) is 77.9 Å². The Morgan fingerprint density at radius 2 is 2.42 bits per heavy atom. The number of carbonyl (C=O) groups is 1. The van der Waals surface area contributed by atoms with Gasteiger partial charge in [-0.2, -0.15) is 0 Å². The number of hydrogen-bond acceptors (Lipinski definition) is 5. The van der Waals surface area contributed by atoms with E-state index in [0.717, 1.165) is 0 Å². The van der Waals surface area contributed by atoms with Crippen molar-refractivity contribution >= 4 is 21.9 Å². The molecule has 0 radical (unpaired) electrons. The monoisotopic (exact) mass is 331 g/mol. The van der Waals surface area contributed by atoms with Crippen LogP contribution in [0.5, 0.6) is 11.6 Å². The lowest BCUT2D eigenvalue weighted by molar-refractivity contribution is -0.167. The average Bonchev–Trinajstić information content (AvgIpc) is 2.42. The van der Waals surface area contributed by atoms with Crippen LogP contribution in [0.15, 0.2) is 16.7 Å². The Kier molecular flexibility index (Phi) is 4.26. The quantitative estimate of drug-likeness (QED) is 0.907. The van der Waals surface area contributed by atoms with Crippen molar-refractivity contribution in [2.75, 3.05) is 20.3 Å². The third-order valence-corrected chi connectivity index (χ3v) is 3.50. The van der Waals surface area contributed by atoms with E-state index in [1.54, 1.807) is 6.07 Å². The predicted molar refractivity (Wildman–Crippen MR) is 69.5 cm³/mol. The summed E-state index contributed by atoms with van der Waals surface area (Å²) >= 11 is 3.27. The number of carboxylic acid groups (broad SMARTS) is 1. The second-order valence-electron chi connectivity index (χ2n) is 4.21. The second-order valence-corrected chi connectivity index (χ2v) is 5.07. The summed E-state index contributed by atoms with van der Waals surface area (Å²) in [6.07, 6.45) is 2.54. The minimum atomic E-state index is -1.37. The van der Waals surface area contributed by atoms with Gasteiger partial charge in [0.2, 0.25) is 11.5 Å². The molecule has 1 aromatic rings. The standard InChI is InChI=1S/C12H14BrNO5/c1-17-9-5-10(14-6-8(9)13)19-12(11(15)16)3-2-4-18-7-12/h5-6H,2-4,7H2,1H3,(H,15,16). The number of nitrogens with zero attached hydrogens (tertiary/aromatic N) is 1. The molecular weight excluding hydrogens is 318 g/mol. The van der Waals surface area contributed by atoms with Gasteiger partial charge in [0, 0.05) is 25.3 Å². The number of pyridine rings is 1. The molecule has 0 aromatic carbocycles. The zero-order chi connectivity index (χ0) is 13.9. The highest BCUT2D eigenvalue weighted by molar-refractivity contribution is 9.10. The summed E-state index contributed by atoms with van der Waals surface area (Å²) in [5.41, 5.74) is -1.37. The SMILES string of the molecule is COc1cc(OC2(C(=O)O)CCCOC2)ncc1Br. The number of methoxy groups -OCH3 is 1. The highest BCUT2D eigenvalue weighted by Gasteiger charge is 2.43. The third kappa shape index (κ3) is 2.98. The van der Waals surface area contributed by atoms with Crippen LogP contribution < -0.4 is 9.47 Å². The summed E-state index contributed by atoms with van der Waals surface area (Å²) in [6.45, 7) is 0.567. The van der Waals surface area contributed by atoms with Gasteiger partial charge in [-0.25, -0.2) is 9.78 Å². The Balaban J connectivity index is 2.24. The normalized spacial score (nSPS) is 22.8. The zero-order valence-corrected chi connectivity index (χ0v) is 12.0. The molecule has 1 aliphatic rings. The molecule has 0 amide bonds. The van der Waals surface area contributed by atoms with Crippen molar-refractivity contribution in [1.29, 1.82) is 0 Å². The Bertz CT molecular complexity index is 473. The van der Waals surface area contributed by atoms with Gasteiger partial charge in [0.15, 0.2) is 0 Å². The van der Waals surface area contributed by atoms with Crippen LogP contribution in [0, 0.1) is 0 Å². The molecular formula is C12H14BrNO5. The molecule has 2 rings (SSSR count). The molecule has 6 nitrogen and oxygen atoms in total. The highest BCUT2D eigenvalue weighted by atomic mass is 79.9. The summed E-state index contributed by atoms with van der Waals surface area (Å²) in [4.78, 5) is 15.5. The van der Waals surface area contributed by atoms with Crippen molar-refractivity contribution < 1.29 is 24.1 Å². The molecule has 104 valence electrons. The molecule has 2 heterocycles. The van der Waals surface area contributed by atoms with E-state index in [0.29, 0.717) is 29.7 Å². The molecule has 1 aromatic heterocycles. The van der Waals surface area contributed by atoms with E-state index >= 15 is 0 Å². The number of carboxylic acids is 1. The van der Waals surface area contributed by atoms with Gasteiger partial charge < -0.3 is 19.3 Å². The van der Waals surface area contributed by atoms with E-state index in [1.165, 1.54) is 13.3 Å². The van der Waals surface area contributed by atoms with Gasteiger partial charge in [0.1, 0.15) is 5.75 Å². The van der Waals surface area contributed by atoms with Gasteiger partial charge in [-0.05, 0) is 22.4 Å². The fraction of sp³-hybridized carbons (Fsp3) is 0.500. The number of aromatic nitrogens is 1. The smallest absolute Gasteiger partial charge is 0.350 e. The Hall–Kier alpha value is -1.34. The maximum absolute atomic E-state index is 11.4. The largest absolute Gasteiger partial charge is 0.495 e. The molecule has 0 saturated carbocycles. The second kappa shape index (κ2) is 5.75. The number of ether oxygens (including phenoxy) is 3. The molecule has 1 saturated heterocycles. The number of halogens is 1. The Morgan fingerprint density at radius 3 is 3.00 bits per heavy atom. The first kappa shape index (κ1) is 14.1. The van der Waals surface area contributed by atoms with Crippen LogP contribution in [0.3, 0.4) is 0 Å². The molecule has 1 fully saturated rings. The molecule has 7 heteroatoms. The lowest BCUT2D eigenvalue weighted by Crippen LogP contribution is -2.51. The summed E-state index contributed by atoms with van der Waals surface area (Å²) < 4.78 is 16.6. The van der Waals surface area contributed by atoms with E-state index in [-0.39, 0.29) is 12.5 Å². The lowest BCUT2D eigenvalue weighted by atomic mass is 9.96. The zero-order valence-electron chi connectivity index (χ0n) is 10.4. The van der Waals surface area contributed by atoms with Crippen molar-refractivity contribution in [2.45, 2.75) is 18.4 Å². The minimum absolute atomic E-state index is 0.0163. The lowest BCUT2D eigenvalue weighted by Gasteiger charge is -2.32. The van der Waals surface area contributed by atoms with Gasteiger partial charge in [-0.1, -0.05) is 0 Å². The first-order valence-corrected chi connectivity index (χ1v) is 6.56. The molecule has 1 N–H and O–H groups in total. The summed E-state index contributed by atoms with van der Waals surface area (Å²) in [5.74, 6) is -0.314. The van der Waals surface area contributed by atoms with Crippen molar-refractivity contribution in [3.05, 3.63) is 16.7 Å². The van der Waals surface area contributed by atoms with Gasteiger partial charge in [-0.15, -0.1) is 0 Å². The van der Waals surface area contributed by atoms with Crippen LogP contribution in [-0.2, 0) is 9.53 Å². The van der Waals surface area contributed by atoms with Gasteiger partial charge in [0.05, 0.1) is 18.2 Å². The maximum atomic E-state index is 11.4. The van der Waals surface area contributed by atoms with Crippen molar-refractivity contribution in [3.63, 3.8) is 0 Å². The average molecular weight is 332 g/mol. The van der Waals surface area contributed by atoms with Crippen molar-refractivity contribution in [2.24, 2.45) is 0 Å². The van der Waals surface area contributed by atoms with Crippen LogP contribution in [0.25, 0.3) is 0 Å². The van der Waals surface area contributed by atoms with E-state index in [9.17, 15) is 9.90 Å². The summed E-state index contributed by atoms with van der Waals surface area (Å²) in [7, 11) is 1.51. The van der Waals surface area contributed by atoms with E-state index in [2.05, 4.69) is 20.9 Å². The first-order chi connectivity index (χ1) is 9.07. The molecule has 19 heavy (non-hydrogen) atoms. The maximum Gasteiger partial charge on any atom is 0.350 e. The molecule has 1 aliphatic heterocycles.